The van der Waals surface area contributed by atoms with Gasteiger partial charge in [0.25, 0.3) is 0 Å². The van der Waals surface area contributed by atoms with E-state index in [1.807, 2.05) is 82.8 Å². The maximum Gasteiger partial charge on any atom is 0.247 e. The van der Waals surface area contributed by atoms with Crippen LogP contribution in [0.3, 0.4) is 0 Å². The van der Waals surface area contributed by atoms with Gasteiger partial charge in [0.2, 0.25) is 11.9 Å². The number of aryl methyl sites for hydroxylation is 1. The molecule has 1 amide bonds. The Balaban J connectivity index is 1.96. The quantitative estimate of drug-likeness (QED) is 0.255. The van der Waals surface area contributed by atoms with E-state index in [4.69, 9.17) is 4.99 Å². The molecule has 0 atom stereocenters. The number of carbonyl (C=O) groups excluding carboxylic acids is 1. The number of amides is 1. The molecule has 8 heteroatoms. The number of carbonyl (C=O) groups is 1. The number of nitrogens with one attached hydrogen (secondary N) is 2. The standard InChI is InChI=1S/C28H33N7O/c1-7-26(36)32-24-18-22(13-14-25(24)35(6)17-16-34(4)5)31-28(29-3)33-27-20(2)10-8-12-23(27)21-11-9-15-30-19-21/h7-15,18-19H,1,3,16-17H2,2,4-6H3,(H,31,33)(H,32,36). The highest BCUT2D eigenvalue weighted by molar-refractivity contribution is 6.03. The van der Waals surface area contributed by atoms with Crippen molar-refractivity contribution in [1.82, 2.24) is 9.88 Å². The Bertz CT molecular complexity index is 1250. The molecule has 0 aliphatic rings. The van der Waals surface area contributed by atoms with Gasteiger partial charge in [-0.2, -0.15) is 0 Å². The lowest BCUT2D eigenvalue weighted by Crippen LogP contribution is -2.29. The van der Waals surface area contributed by atoms with E-state index in [9.17, 15) is 4.79 Å². The summed E-state index contributed by atoms with van der Waals surface area (Å²) in [5.74, 6) is 0.0512. The maximum absolute atomic E-state index is 12.1. The average molecular weight is 484 g/mol. The van der Waals surface area contributed by atoms with Gasteiger partial charge in [-0.05, 0) is 63.6 Å². The summed E-state index contributed by atoms with van der Waals surface area (Å²) in [4.78, 5) is 29.5. The van der Waals surface area contributed by atoms with Gasteiger partial charge >= 0.3 is 0 Å². The number of pyridine rings is 1. The van der Waals surface area contributed by atoms with Crippen molar-refractivity contribution in [1.29, 1.82) is 0 Å². The minimum absolute atomic E-state index is 0.286. The molecular weight excluding hydrogens is 450 g/mol. The van der Waals surface area contributed by atoms with Gasteiger partial charge in [-0.15, -0.1) is 0 Å². The summed E-state index contributed by atoms with van der Waals surface area (Å²) < 4.78 is 0. The van der Waals surface area contributed by atoms with Gasteiger partial charge in [0.1, 0.15) is 0 Å². The Morgan fingerprint density at radius 2 is 1.89 bits per heavy atom. The zero-order chi connectivity index (χ0) is 26.1. The third-order valence-corrected chi connectivity index (χ3v) is 5.57. The van der Waals surface area contributed by atoms with Gasteiger partial charge < -0.3 is 20.4 Å². The Morgan fingerprint density at radius 1 is 1.08 bits per heavy atom. The summed E-state index contributed by atoms with van der Waals surface area (Å²) in [7, 11) is 6.04. The van der Waals surface area contributed by atoms with E-state index >= 15 is 0 Å². The summed E-state index contributed by atoms with van der Waals surface area (Å²) in [5, 5.41) is 6.14. The first kappa shape index (κ1) is 26.3. The molecule has 3 rings (SSSR count). The summed E-state index contributed by atoms with van der Waals surface area (Å²) in [5.41, 5.74) is 5.94. The van der Waals surface area contributed by atoms with Crippen molar-refractivity contribution in [3.05, 3.63) is 79.1 Å². The Labute approximate surface area is 213 Å². The number of nitrogens with zero attached hydrogens (tertiary/aromatic N) is 5. The van der Waals surface area contributed by atoms with Crippen molar-refractivity contribution >= 4 is 41.3 Å². The maximum atomic E-state index is 12.1. The molecule has 3 aromatic rings. The Kier molecular flexibility index (Phi) is 9.07. The SMILES string of the molecule is C=CC(=O)Nc1cc(NC(N=C)=Nc2c(C)cccc2-c2cccnc2)ccc1N(C)CCN(C)C. The topological polar surface area (TPSA) is 85.2 Å². The second-order valence-corrected chi connectivity index (χ2v) is 8.58. The third-order valence-electron chi connectivity index (χ3n) is 5.57. The smallest absolute Gasteiger partial charge is 0.247 e. The molecule has 0 unspecified atom stereocenters. The second-order valence-electron chi connectivity index (χ2n) is 8.58. The van der Waals surface area contributed by atoms with E-state index in [-0.39, 0.29) is 5.91 Å². The fourth-order valence-electron chi connectivity index (χ4n) is 3.60. The van der Waals surface area contributed by atoms with E-state index in [0.29, 0.717) is 17.3 Å². The van der Waals surface area contributed by atoms with E-state index in [2.05, 4.69) is 43.7 Å². The van der Waals surface area contributed by atoms with Gasteiger partial charge in [-0.25, -0.2) is 9.98 Å². The summed E-state index contributed by atoms with van der Waals surface area (Å²) in [6.07, 6.45) is 4.80. The van der Waals surface area contributed by atoms with Crippen molar-refractivity contribution in [2.45, 2.75) is 6.92 Å². The number of anilines is 3. The molecule has 1 heterocycles. The van der Waals surface area contributed by atoms with Gasteiger partial charge in [-0.1, -0.05) is 30.8 Å². The molecular formula is C28H33N7O. The molecule has 0 aliphatic heterocycles. The zero-order valence-corrected chi connectivity index (χ0v) is 21.3. The number of aliphatic imine (C=N–C) groups is 2. The first-order valence-corrected chi connectivity index (χ1v) is 11.6. The number of benzene rings is 2. The van der Waals surface area contributed by atoms with E-state index < -0.39 is 0 Å². The first-order chi connectivity index (χ1) is 17.3. The number of guanidine groups is 1. The van der Waals surface area contributed by atoms with E-state index in [0.717, 1.165) is 41.2 Å². The fraction of sp³-hybridized carbons (Fsp3) is 0.214. The van der Waals surface area contributed by atoms with E-state index in [1.54, 1.807) is 6.20 Å². The number of hydrogen-bond acceptors (Lipinski definition) is 5. The third kappa shape index (κ3) is 6.86. The van der Waals surface area contributed by atoms with Crippen LogP contribution in [0.2, 0.25) is 0 Å². The summed E-state index contributed by atoms with van der Waals surface area (Å²) >= 11 is 0. The number of rotatable bonds is 9. The van der Waals surface area contributed by atoms with Crippen LogP contribution in [0, 0.1) is 6.92 Å². The van der Waals surface area contributed by atoms with Crippen LogP contribution in [0.1, 0.15) is 5.56 Å². The minimum atomic E-state index is -0.286. The van der Waals surface area contributed by atoms with Crippen LogP contribution in [-0.4, -0.2) is 62.7 Å². The van der Waals surface area contributed by atoms with Crippen LogP contribution >= 0.6 is 0 Å². The van der Waals surface area contributed by atoms with Crippen LogP contribution in [-0.2, 0) is 4.79 Å². The van der Waals surface area contributed by atoms with Crippen molar-refractivity contribution < 1.29 is 4.79 Å². The molecule has 0 saturated carbocycles. The highest BCUT2D eigenvalue weighted by Crippen LogP contribution is 2.33. The van der Waals surface area contributed by atoms with Gasteiger partial charge in [0, 0.05) is 49.3 Å². The van der Waals surface area contributed by atoms with Crippen LogP contribution in [0.15, 0.2) is 83.6 Å². The molecule has 0 bridgehead atoms. The molecule has 8 nitrogen and oxygen atoms in total. The number of aromatic nitrogens is 1. The predicted molar refractivity (Wildman–Crippen MR) is 152 cm³/mol. The highest BCUT2D eigenvalue weighted by Gasteiger charge is 2.13. The average Bonchev–Trinajstić information content (AvgIpc) is 2.88. The van der Waals surface area contributed by atoms with Crippen LogP contribution in [0.4, 0.5) is 22.7 Å². The van der Waals surface area contributed by atoms with Gasteiger partial charge in [0.05, 0.1) is 17.1 Å². The second kappa shape index (κ2) is 12.4. The molecule has 0 fully saturated rings. The first-order valence-electron chi connectivity index (χ1n) is 11.6. The predicted octanol–water partition coefficient (Wildman–Crippen LogP) is 4.98. The Hall–Kier alpha value is -4.30. The molecule has 0 radical (unpaired) electrons. The van der Waals surface area contributed by atoms with Gasteiger partial charge in [-0.3, -0.25) is 9.78 Å². The van der Waals surface area contributed by atoms with Crippen molar-refractivity contribution in [2.24, 2.45) is 9.98 Å². The summed E-state index contributed by atoms with van der Waals surface area (Å²) in [6, 6.07) is 15.6. The van der Waals surface area contributed by atoms with Gasteiger partial charge in [0.15, 0.2) is 0 Å². The molecule has 2 aromatic carbocycles. The van der Waals surface area contributed by atoms with Crippen LogP contribution < -0.4 is 15.5 Å². The normalized spacial score (nSPS) is 11.2. The number of hydrogen-bond donors (Lipinski definition) is 2. The molecule has 1 aromatic heterocycles. The Morgan fingerprint density at radius 3 is 2.56 bits per heavy atom. The molecule has 186 valence electrons. The number of likely N-dealkylation sites (N-methyl/N-ethyl adjacent to an activating group) is 2. The van der Waals surface area contributed by atoms with Crippen LogP contribution in [0.25, 0.3) is 11.1 Å². The fourth-order valence-corrected chi connectivity index (χ4v) is 3.60. The lowest BCUT2D eigenvalue weighted by Gasteiger charge is -2.24. The van der Waals surface area contributed by atoms with E-state index in [1.165, 1.54) is 6.08 Å². The van der Waals surface area contributed by atoms with Crippen molar-refractivity contribution in [3.63, 3.8) is 0 Å². The van der Waals surface area contributed by atoms with Crippen LogP contribution in [0.5, 0.6) is 0 Å². The zero-order valence-electron chi connectivity index (χ0n) is 21.3. The molecule has 0 aliphatic carbocycles. The monoisotopic (exact) mass is 483 g/mol. The largest absolute Gasteiger partial charge is 0.372 e. The molecule has 0 saturated heterocycles. The number of para-hydroxylation sites is 1. The molecule has 2 N–H and O–H groups in total. The lowest BCUT2D eigenvalue weighted by molar-refractivity contribution is -0.111. The van der Waals surface area contributed by atoms with Crippen molar-refractivity contribution in [3.8, 4) is 11.1 Å². The lowest BCUT2D eigenvalue weighted by atomic mass is 10.0. The molecule has 36 heavy (non-hydrogen) atoms. The summed E-state index contributed by atoms with van der Waals surface area (Å²) in [6.45, 7) is 10.9. The minimum Gasteiger partial charge on any atom is -0.372 e. The van der Waals surface area contributed by atoms with Crippen molar-refractivity contribution in [2.75, 3.05) is 49.8 Å². The highest BCUT2D eigenvalue weighted by atomic mass is 16.1. The molecule has 0 spiro atoms.